The first kappa shape index (κ1) is 15.2. The summed E-state index contributed by atoms with van der Waals surface area (Å²) in [4.78, 5) is 0.450. The molecule has 2 aliphatic carbocycles. The van der Waals surface area contributed by atoms with Gasteiger partial charge in [0.25, 0.3) is 0 Å². The van der Waals surface area contributed by atoms with Gasteiger partial charge in [-0.3, -0.25) is 0 Å². The van der Waals surface area contributed by atoms with Crippen molar-refractivity contribution in [3.63, 3.8) is 0 Å². The Balaban J connectivity index is 1.76. The van der Waals surface area contributed by atoms with E-state index in [0.29, 0.717) is 0 Å². The molecule has 6 rings (SSSR count). The third-order valence-corrected chi connectivity index (χ3v) is 7.70. The summed E-state index contributed by atoms with van der Waals surface area (Å²) in [5.41, 5.74) is 8.30. The van der Waals surface area contributed by atoms with E-state index in [4.69, 9.17) is 0 Å². The van der Waals surface area contributed by atoms with Crippen LogP contribution in [0.4, 0.5) is 0 Å². The van der Waals surface area contributed by atoms with Gasteiger partial charge in [0.05, 0.1) is 9.65 Å². The monoisotopic (exact) mass is 460 g/mol. The number of hydrogen-bond acceptors (Lipinski definition) is 0. The highest BCUT2D eigenvalue weighted by Gasteiger charge is 2.36. The van der Waals surface area contributed by atoms with E-state index < -0.39 is 0 Å². The molecule has 0 fully saturated rings. The van der Waals surface area contributed by atoms with Crippen molar-refractivity contribution in [2.45, 2.75) is 9.65 Å². The maximum absolute atomic E-state index is 4.03. The normalized spacial score (nSPS) is 23.3. The predicted octanol–water partition coefficient (Wildman–Crippen LogP) is 7.80. The molecule has 4 aromatic carbocycles. The molecule has 0 bridgehead atoms. The van der Waals surface area contributed by atoms with Gasteiger partial charge >= 0.3 is 0 Å². The summed E-state index contributed by atoms with van der Waals surface area (Å²) < 4.78 is 0. The van der Waals surface area contributed by atoms with Crippen LogP contribution >= 0.6 is 31.9 Å². The Labute approximate surface area is 168 Å². The molecule has 0 saturated carbocycles. The van der Waals surface area contributed by atoms with E-state index in [1.807, 2.05) is 0 Å². The summed E-state index contributed by atoms with van der Waals surface area (Å²) in [6, 6.07) is 26.6. The second kappa shape index (κ2) is 5.31. The smallest absolute Gasteiger partial charge is 0.0660 e. The summed E-state index contributed by atoms with van der Waals surface area (Å²) in [6.07, 6.45) is 0. The van der Waals surface area contributed by atoms with Crippen LogP contribution in [0.3, 0.4) is 0 Å². The number of benzene rings is 4. The Morgan fingerprint density at radius 2 is 0.885 bits per heavy atom. The molecular formula is C24H14Br2. The minimum atomic E-state index is 0.225. The quantitative estimate of drug-likeness (QED) is 0.234. The van der Waals surface area contributed by atoms with Crippen LogP contribution in [0.1, 0.15) is 31.9 Å². The molecule has 124 valence electrons. The molecule has 0 amide bonds. The molecule has 2 atom stereocenters. The molecule has 2 heteroatoms. The Kier molecular flexibility index (Phi) is 3.10. The lowest BCUT2D eigenvalue weighted by atomic mass is 9.95. The second-order valence-electron chi connectivity index (χ2n) is 7.05. The molecule has 26 heavy (non-hydrogen) atoms. The fraction of sp³-hybridized carbons (Fsp3) is 0.0833. The lowest BCUT2D eigenvalue weighted by molar-refractivity contribution is 1.30. The standard InChI is InChI=1S/C24H14Br2/c25-23-17-11-3-7-13-5-1-9-15(19(13)17)21(23)22-16-10-2-6-14-8-4-12-18(20(14)16)24(22)26/h1-12,23-24H. The zero-order valence-electron chi connectivity index (χ0n) is 13.8. The summed E-state index contributed by atoms with van der Waals surface area (Å²) in [5, 5.41) is 5.42. The van der Waals surface area contributed by atoms with Crippen molar-refractivity contribution in [1.82, 2.24) is 0 Å². The third kappa shape index (κ3) is 1.79. The molecule has 0 spiro atoms. The van der Waals surface area contributed by atoms with Crippen molar-refractivity contribution in [1.29, 1.82) is 0 Å². The summed E-state index contributed by atoms with van der Waals surface area (Å²) in [7, 11) is 0. The first-order valence-electron chi connectivity index (χ1n) is 8.82. The molecule has 0 aliphatic heterocycles. The largest absolute Gasteiger partial charge is 0.0786 e. The molecular weight excluding hydrogens is 448 g/mol. The lowest BCUT2D eigenvalue weighted by Crippen LogP contribution is -1.94. The molecule has 4 aromatic rings. The zero-order valence-corrected chi connectivity index (χ0v) is 17.0. The Morgan fingerprint density at radius 3 is 1.31 bits per heavy atom. The van der Waals surface area contributed by atoms with Crippen LogP contribution in [0.15, 0.2) is 72.8 Å². The highest BCUT2D eigenvalue weighted by atomic mass is 79.9. The number of rotatable bonds is 0. The minimum Gasteiger partial charge on any atom is -0.0786 e. The van der Waals surface area contributed by atoms with Crippen LogP contribution in [-0.4, -0.2) is 0 Å². The SMILES string of the molecule is BrC1C(=C2c3cccc4cccc(c34)C2Br)c2cccc3cccc1c23. The maximum atomic E-state index is 4.03. The van der Waals surface area contributed by atoms with E-state index in [-0.39, 0.29) is 9.65 Å². The number of hydrogen-bond donors (Lipinski definition) is 0. The maximum Gasteiger partial charge on any atom is 0.0660 e. The molecule has 0 heterocycles. The first-order chi connectivity index (χ1) is 12.8. The van der Waals surface area contributed by atoms with Gasteiger partial charge in [-0.25, -0.2) is 0 Å². The van der Waals surface area contributed by atoms with Crippen molar-refractivity contribution >= 4 is 64.6 Å². The Hall–Kier alpha value is -1.90. The van der Waals surface area contributed by atoms with Gasteiger partial charge < -0.3 is 0 Å². The number of halogens is 2. The van der Waals surface area contributed by atoms with E-state index >= 15 is 0 Å². The summed E-state index contributed by atoms with van der Waals surface area (Å²) in [5.74, 6) is 0. The average Bonchev–Trinajstić information content (AvgIpc) is 3.11. The molecule has 0 saturated heterocycles. The van der Waals surface area contributed by atoms with Gasteiger partial charge in [0.15, 0.2) is 0 Å². The topological polar surface area (TPSA) is 0 Å². The van der Waals surface area contributed by atoms with Crippen molar-refractivity contribution < 1.29 is 0 Å². The van der Waals surface area contributed by atoms with E-state index in [9.17, 15) is 0 Å². The van der Waals surface area contributed by atoms with Crippen LogP contribution in [0.5, 0.6) is 0 Å². The second-order valence-corrected chi connectivity index (χ2v) is 8.89. The summed E-state index contributed by atoms with van der Waals surface area (Å²) >= 11 is 8.06. The van der Waals surface area contributed by atoms with Crippen LogP contribution < -0.4 is 0 Å². The van der Waals surface area contributed by atoms with Crippen molar-refractivity contribution in [2.24, 2.45) is 0 Å². The molecule has 2 aliphatic rings. The van der Waals surface area contributed by atoms with Gasteiger partial charge in [-0.15, -0.1) is 0 Å². The van der Waals surface area contributed by atoms with Crippen molar-refractivity contribution in [3.8, 4) is 0 Å². The van der Waals surface area contributed by atoms with Gasteiger partial charge in [0.2, 0.25) is 0 Å². The van der Waals surface area contributed by atoms with Gasteiger partial charge in [0.1, 0.15) is 0 Å². The lowest BCUT2D eigenvalue weighted by Gasteiger charge is -2.15. The molecule has 2 unspecified atom stereocenters. The van der Waals surface area contributed by atoms with Gasteiger partial charge in [-0.05, 0) is 54.9 Å². The molecule has 0 nitrogen and oxygen atoms in total. The fourth-order valence-corrected chi connectivity index (χ4v) is 6.51. The molecule has 0 N–H and O–H groups in total. The van der Waals surface area contributed by atoms with Gasteiger partial charge in [-0.1, -0.05) is 105 Å². The van der Waals surface area contributed by atoms with Crippen molar-refractivity contribution in [2.75, 3.05) is 0 Å². The summed E-state index contributed by atoms with van der Waals surface area (Å²) in [6.45, 7) is 0. The van der Waals surface area contributed by atoms with Crippen LogP contribution in [0, 0.1) is 0 Å². The van der Waals surface area contributed by atoms with Gasteiger partial charge in [-0.2, -0.15) is 0 Å². The van der Waals surface area contributed by atoms with E-state index in [1.54, 1.807) is 0 Å². The highest BCUT2D eigenvalue weighted by molar-refractivity contribution is 9.09. The highest BCUT2D eigenvalue weighted by Crippen LogP contribution is 2.59. The van der Waals surface area contributed by atoms with Crippen LogP contribution in [0.2, 0.25) is 0 Å². The average molecular weight is 462 g/mol. The van der Waals surface area contributed by atoms with E-state index in [1.165, 1.54) is 54.9 Å². The fourth-order valence-electron chi connectivity index (χ4n) is 4.76. The Morgan fingerprint density at radius 1 is 0.500 bits per heavy atom. The molecule has 0 aromatic heterocycles. The van der Waals surface area contributed by atoms with E-state index in [2.05, 4.69) is 105 Å². The van der Waals surface area contributed by atoms with Crippen molar-refractivity contribution in [3.05, 3.63) is 95.1 Å². The molecule has 0 radical (unpaired) electrons. The third-order valence-electron chi connectivity index (χ3n) is 5.80. The minimum absolute atomic E-state index is 0.225. The number of alkyl halides is 2. The van der Waals surface area contributed by atoms with Gasteiger partial charge in [0, 0.05) is 0 Å². The predicted molar refractivity (Wildman–Crippen MR) is 118 cm³/mol. The van der Waals surface area contributed by atoms with Crippen LogP contribution in [0.25, 0.3) is 32.7 Å². The van der Waals surface area contributed by atoms with Crippen LogP contribution in [-0.2, 0) is 0 Å². The number of allylic oxidation sites excluding steroid dienone is 2. The first-order valence-corrected chi connectivity index (χ1v) is 10.6. The van der Waals surface area contributed by atoms with E-state index in [0.717, 1.165) is 0 Å². The zero-order chi connectivity index (χ0) is 17.4. The Bertz CT molecular complexity index is 1160.